The lowest BCUT2D eigenvalue weighted by Gasteiger charge is -2.23. The maximum Gasteiger partial charge on any atom is 0.319 e. The molecule has 2 aromatic rings. The topological polar surface area (TPSA) is 29.9 Å². The third kappa shape index (κ3) is 3.39. The van der Waals surface area contributed by atoms with Gasteiger partial charge < -0.3 is 5.32 Å². The van der Waals surface area contributed by atoms with Crippen molar-refractivity contribution in [1.82, 2.24) is 14.9 Å². The molecule has 0 aromatic carbocycles. The van der Waals surface area contributed by atoms with Gasteiger partial charge in [-0.1, -0.05) is 19.9 Å². The number of alkyl halides is 2. The zero-order valence-electron chi connectivity index (χ0n) is 10.9. The second kappa shape index (κ2) is 5.79. The van der Waals surface area contributed by atoms with Crippen molar-refractivity contribution >= 4 is 11.3 Å². The smallest absolute Gasteiger partial charge is 0.309 e. The first kappa shape index (κ1) is 14.1. The predicted octanol–water partition coefficient (Wildman–Crippen LogP) is 3.41. The molecule has 0 aliphatic heterocycles. The summed E-state index contributed by atoms with van der Waals surface area (Å²) in [5, 5.41) is 5.24. The number of imidazole rings is 1. The number of hydrogen-bond acceptors (Lipinski definition) is 3. The maximum absolute atomic E-state index is 12.6. The van der Waals surface area contributed by atoms with E-state index in [0.29, 0.717) is 18.9 Å². The van der Waals surface area contributed by atoms with Gasteiger partial charge in [-0.15, -0.1) is 11.3 Å². The normalized spacial score (nSPS) is 12.3. The zero-order valence-corrected chi connectivity index (χ0v) is 11.8. The van der Waals surface area contributed by atoms with Gasteiger partial charge in [-0.3, -0.25) is 4.57 Å². The van der Waals surface area contributed by atoms with Gasteiger partial charge in [0.05, 0.1) is 6.54 Å². The summed E-state index contributed by atoms with van der Waals surface area (Å²) >= 11 is 1.70. The molecule has 2 aromatic heterocycles. The minimum atomic E-state index is -2.54. The van der Waals surface area contributed by atoms with E-state index in [1.165, 1.54) is 17.3 Å². The quantitative estimate of drug-likeness (QED) is 0.881. The van der Waals surface area contributed by atoms with Crippen molar-refractivity contribution in [2.24, 2.45) is 0 Å². The molecule has 0 saturated carbocycles. The van der Waals surface area contributed by atoms with Crippen LogP contribution in [0.3, 0.4) is 0 Å². The van der Waals surface area contributed by atoms with Gasteiger partial charge in [0.15, 0.2) is 0 Å². The van der Waals surface area contributed by atoms with Crippen LogP contribution < -0.4 is 5.32 Å². The number of nitrogens with one attached hydrogen (secondary N) is 1. The lowest BCUT2D eigenvalue weighted by molar-refractivity contribution is 0.0666. The lowest BCUT2D eigenvalue weighted by atomic mass is 9.91. The average molecular weight is 285 g/mol. The van der Waals surface area contributed by atoms with E-state index < -0.39 is 6.55 Å². The van der Waals surface area contributed by atoms with Crippen molar-refractivity contribution in [2.45, 2.75) is 32.4 Å². The Morgan fingerprint density at radius 3 is 2.89 bits per heavy atom. The van der Waals surface area contributed by atoms with E-state index in [0.717, 1.165) is 4.57 Å². The maximum atomic E-state index is 12.6. The zero-order chi connectivity index (χ0) is 13.9. The van der Waals surface area contributed by atoms with E-state index in [9.17, 15) is 8.78 Å². The van der Waals surface area contributed by atoms with Gasteiger partial charge in [0, 0.05) is 29.2 Å². The molecule has 1 N–H and O–H groups in total. The van der Waals surface area contributed by atoms with Crippen molar-refractivity contribution in [3.8, 4) is 0 Å². The summed E-state index contributed by atoms with van der Waals surface area (Å²) in [7, 11) is 0. The van der Waals surface area contributed by atoms with Crippen molar-refractivity contribution < 1.29 is 8.78 Å². The first-order valence-corrected chi connectivity index (χ1v) is 6.93. The van der Waals surface area contributed by atoms with Crippen LogP contribution in [0, 0.1) is 0 Å². The summed E-state index contributed by atoms with van der Waals surface area (Å²) in [6.07, 6.45) is 2.69. The van der Waals surface area contributed by atoms with Gasteiger partial charge in [-0.25, -0.2) is 4.98 Å². The Balaban J connectivity index is 1.91. The van der Waals surface area contributed by atoms with Gasteiger partial charge in [0.1, 0.15) is 5.82 Å². The molecule has 0 aliphatic carbocycles. The molecule has 104 valence electrons. The largest absolute Gasteiger partial charge is 0.319 e. The van der Waals surface area contributed by atoms with Crippen molar-refractivity contribution in [3.63, 3.8) is 0 Å². The SMILES string of the molecule is CC(C)(CNCc1nccn1C(F)F)c1cccs1. The molecule has 19 heavy (non-hydrogen) atoms. The molecule has 0 spiro atoms. The number of nitrogens with zero attached hydrogens (tertiary/aromatic N) is 2. The summed E-state index contributed by atoms with van der Waals surface area (Å²) in [5.74, 6) is 0.358. The molecule has 0 bridgehead atoms. The molecular formula is C13H17F2N3S. The number of hydrogen-bond donors (Lipinski definition) is 1. The van der Waals surface area contributed by atoms with Crippen LogP contribution in [0.15, 0.2) is 29.9 Å². The molecule has 0 fully saturated rings. The van der Waals surface area contributed by atoms with Gasteiger partial charge in [0.2, 0.25) is 0 Å². The van der Waals surface area contributed by atoms with Gasteiger partial charge >= 0.3 is 6.55 Å². The van der Waals surface area contributed by atoms with Gasteiger partial charge in [0.25, 0.3) is 0 Å². The van der Waals surface area contributed by atoms with E-state index in [1.807, 2.05) is 11.4 Å². The van der Waals surface area contributed by atoms with Crippen molar-refractivity contribution in [2.75, 3.05) is 6.54 Å². The van der Waals surface area contributed by atoms with Crippen LogP contribution in [0.25, 0.3) is 0 Å². The van der Waals surface area contributed by atoms with Crippen molar-refractivity contribution in [3.05, 3.63) is 40.6 Å². The van der Waals surface area contributed by atoms with E-state index >= 15 is 0 Å². The minimum Gasteiger partial charge on any atom is -0.309 e. The molecule has 3 nitrogen and oxygen atoms in total. The van der Waals surface area contributed by atoms with E-state index in [1.54, 1.807) is 11.3 Å². The summed E-state index contributed by atoms with van der Waals surface area (Å²) < 4.78 is 26.2. The number of aromatic nitrogens is 2. The molecule has 0 unspecified atom stereocenters. The van der Waals surface area contributed by atoms with Crippen LogP contribution in [-0.2, 0) is 12.0 Å². The summed E-state index contributed by atoms with van der Waals surface area (Å²) in [6.45, 7) is 2.77. The van der Waals surface area contributed by atoms with Crippen LogP contribution in [0.5, 0.6) is 0 Å². The van der Waals surface area contributed by atoms with Crippen LogP contribution in [0.1, 0.15) is 31.1 Å². The van der Waals surface area contributed by atoms with Crippen LogP contribution >= 0.6 is 11.3 Å². The Hall–Kier alpha value is -1.27. The molecule has 2 heterocycles. The molecular weight excluding hydrogens is 268 g/mol. The summed E-state index contributed by atoms with van der Waals surface area (Å²) in [6, 6.07) is 4.11. The minimum absolute atomic E-state index is 0.0174. The molecule has 0 saturated heterocycles. The molecule has 2 rings (SSSR count). The number of halogens is 2. The Morgan fingerprint density at radius 1 is 1.47 bits per heavy atom. The average Bonchev–Trinajstić information content (AvgIpc) is 2.99. The Bertz CT molecular complexity index is 506. The number of thiophene rings is 1. The fourth-order valence-electron chi connectivity index (χ4n) is 1.90. The molecule has 0 atom stereocenters. The monoisotopic (exact) mass is 285 g/mol. The fourth-order valence-corrected chi connectivity index (χ4v) is 2.75. The van der Waals surface area contributed by atoms with Crippen molar-refractivity contribution in [1.29, 1.82) is 0 Å². The van der Waals surface area contributed by atoms with E-state index in [4.69, 9.17) is 0 Å². The van der Waals surface area contributed by atoms with Gasteiger partial charge in [-0.05, 0) is 11.4 Å². The Morgan fingerprint density at radius 2 is 2.26 bits per heavy atom. The van der Waals surface area contributed by atoms with E-state index in [2.05, 4.69) is 30.2 Å². The first-order valence-electron chi connectivity index (χ1n) is 6.05. The third-order valence-corrected chi connectivity index (χ3v) is 4.23. The highest BCUT2D eigenvalue weighted by molar-refractivity contribution is 7.10. The van der Waals surface area contributed by atoms with E-state index in [-0.39, 0.29) is 5.41 Å². The standard InChI is InChI=1S/C13H17F2N3S/c1-13(2,10-4-3-7-19-10)9-16-8-11-17-5-6-18(11)12(14)15/h3-7,12,16H,8-9H2,1-2H3. The third-order valence-electron chi connectivity index (χ3n) is 3.00. The van der Waals surface area contributed by atoms with Gasteiger partial charge in [-0.2, -0.15) is 8.78 Å². The fraction of sp³-hybridized carbons (Fsp3) is 0.462. The number of rotatable bonds is 6. The van der Waals surface area contributed by atoms with Crippen LogP contribution in [0.4, 0.5) is 8.78 Å². The second-order valence-electron chi connectivity index (χ2n) is 4.99. The molecule has 0 amide bonds. The first-order chi connectivity index (χ1) is 9.00. The lowest BCUT2D eigenvalue weighted by Crippen LogP contribution is -2.32. The van der Waals surface area contributed by atoms with Crippen LogP contribution in [-0.4, -0.2) is 16.1 Å². The second-order valence-corrected chi connectivity index (χ2v) is 5.94. The highest BCUT2D eigenvalue weighted by Crippen LogP contribution is 2.26. The highest BCUT2D eigenvalue weighted by Gasteiger charge is 2.21. The molecule has 0 aliphatic rings. The molecule has 6 heteroatoms. The predicted molar refractivity (Wildman–Crippen MR) is 72.5 cm³/mol. The highest BCUT2D eigenvalue weighted by atomic mass is 32.1. The summed E-state index contributed by atoms with van der Waals surface area (Å²) in [5.41, 5.74) is -0.0174. The summed E-state index contributed by atoms with van der Waals surface area (Å²) in [4.78, 5) is 5.22. The Kier molecular flexibility index (Phi) is 4.31. The Labute approximate surface area is 115 Å². The van der Waals surface area contributed by atoms with Crippen LogP contribution in [0.2, 0.25) is 0 Å². The molecule has 0 radical (unpaired) electrons.